The summed E-state index contributed by atoms with van der Waals surface area (Å²) in [5, 5.41) is 3.45. The van der Waals surface area contributed by atoms with Gasteiger partial charge >= 0.3 is 5.97 Å². The molecule has 0 unspecified atom stereocenters. The first-order chi connectivity index (χ1) is 7.64. The first-order valence-corrected chi connectivity index (χ1v) is 5.54. The molecule has 1 fully saturated rings. The lowest BCUT2D eigenvalue weighted by Crippen LogP contribution is -2.47. The zero-order valence-electron chi connectivity index (χ0n) is 9.71. The van der Waals surface area contributed by atoms with E-state index in [4.69, 9.17) is 4.42 Å². The van der Waals surface area contributed by atoms with E-state index in [9.17, 15) is 4.79 Å². The van der Waals surface area contributed by atoms with Crippen molar-refractivity contribution in [2.45, 2.75) is 38.3 Å². The maximum Gasteiger partial charge on any atom is 0.374 e. The summed E-state index contributed by atoms with van der Waals surface area (Å²) in [6.07, 6.45) is 5.18. The molecule has 0 atom stereocenters. The van der Waals surface area contributed by atoms with Crippen LogP contribution in [-0.4, -0.2) is 18.6 Å². The minimum atomic E-state index is -0.416. The van der Waals surface area contributed by atoms with Crippen LogP contribution in [0.2, 0.25) is 0 Å². The zero-order valence-corrected chi connectivity index (χ0v) is 9.71. The highest BCUT2D eigenvalue weighted by Gasteiger charge is 2.31. The molecule has 0 aromatic carbocycles. The summed E-state index contributed by atoms with van der Waals surface area (Å²) in [7, 11) is 1.36. The molecule has 88 valence electrons. The first-order valence-electron chi connectivity index (χ1n) is 5.54. The summed E-state index contributed by atoms with van der Waals surface area (Å²) in [5.41, 5.74) is 1.09. The van der Waals surface area contributed by atoms with E-state index in [0.29, 0.717) is 12.3 Å². The predicted molar refractivity (Wildman–Crippen MR) is 59.1 cm³/mol. The van der Waals surface area contributed by atoms with E-state index in [1.54, 1.807) is 6.07 Å². The average Bonchev–Trinajstić information content (AvgIpc) is 2.70. The van der Waals surface area contributed by atoms with Crippen LogP contribution < -0.4 is 5.32 Å². The lowest BCUT2D eigenvalue weighted by Gasteiger charge is -2.39. The average molecular weight is 223 g/mol. The van der Waals surface area contributed by atoms with E-state index in [2.05, 4.69) is 17.0 Å². The topological polar surface area (TPSA) is 51.5 Å². The van der Waals surface area contributed by atoms with Gasteiger partial charge in [0.2, 0.25) is 5.76 Å². The molecule has 0 spiro atoms. The SMILES string of the molecule is COC(=O)c1occc1CNC1(C)CCC1. The molecule has 0 amide bonds. The van der Waals surface area contributed by atoms with Gasteiger partial charge < -0.3 is 14.5 Å². The number of methoxy groups -OCH3 is 1. The second-order valence-electron chi connectivity index (χ2n) is 4.53. The quantitative estimate of drug-likeness (QED) is 0.794. The molecule has 1 aliphatic carbocycles. The van der Waals surface area contributed by atoms with Crippen LogP contribution in [0.3, 0.4) is 0 Å². The molecule has 0 saturated heterocycles. The van der Waals surface area contributed by atoms with Crippen LogP contribution in [0, 0.1) is 0 Å². The molecule has 4 nitrogen and oxygen atoms in total. The minimum absolute atomic E-state index is 0.227. The second kappa shape index (κ2) is 4.29. The van der Waals surface area contributed by atoms with Gasteiger partial charge in [0.25, 0.3) is 0 Å². The van der Waals surface area contributed by atoms with E-state index >= 15 is 0 Å². The molecule has 1 aliphatic rings. The van der Waals surface area contributed by atoms with Gasteiger partial charge in [-0.05, 0) is 32.3 Å². The number of hydrogen-bond donors (Lipinski definition) is 1. The number of furan rings is 1. The van der Waals surface area contributed by atoms with E-state index in [1.165, 1.54) is 32.6 Å². The van der Waals surface area contributed by atoms with Crippen LogP contribution in [0.5, 0.6) is 0 Å². The molecule has 2 rings (SSSR count). The van der Waals surface area contributed by atoms with Crippen molar-refractivity contribution in [1.29, 1.82) is 0 Å². The van der Waals surface area contributed by atoms with Crippen molar-refractivity contribution < 1.29 is 13.9 Å². The first kappa shape index (κ1) is 11.2. The van der Waals surface area contributed by atoms with E-state index in [-0.39, 0.29) is 5.54 Å². The van der Waals surface area contributed by atoms with E-state index < -0.39 is 5.97 Å². The lowest BCUT2D eigenvalue weighted by atomic mass is 9.78. The Morgan fingerprint density at radius 2 is 2.38 bits per heavy atom. The van der Waals surface area contributed by atoms with Gasteiger partial charge in [-0.3, -0.25) is 0 Å². The minimum Gasteiger partial charge on any atom is -0.463 e. The third-order valence-electron chi connectivity index (χ3n) is 3.28. The van der Waals surface area contributed by atoms with Crippen LogP contribution in [0.1, 0.15) is 42.3 Å². The Morgan fingerprint density at radius 1 is 1.62 bits per heavy atom. The Balaban J connectivity index is 1.98. The molecular formula is C12H17NO3. The molecule has 16 heavy (non-hydrogen) atoms. The Labute approximate surface area is 95.0 Å². The van der Waals surface area contributed by atoms with Gasteiger partial charge in [0.1, 0.15) is 0 Å². The number of carbonyl (C=O) groups is 1. The third-order valence-corrected chi connectivity index (χ3v) is 3.28. The summed E-state index contributed by atoms with van der Waals surface area (Å²) >= 11 is 0. The summed E-state index contributed by atoms with van der Waals surface area (Å²) in [4.78, 5) is 11.4. The zero-order chi connectivity index (χ0) is 11.6. The van der Waals surface area contributed by atoms with Gasteiger partial charge in [-0.1, -0.05) is 0 Å². The van der Waals surface area contributed by atoms with Crippen LogP contribution in [-0.2, 0) is 11.3 Å². The third kappa shape index (κ3) is 2.11. The van der Waals surface area contributed by atoms with Gasteiger partial charge in [-0.25, -0.2) is 4.79 Å². The molecule has 1 aromatic rings. The van der Waals surface area contributed by atoms with Gasteiger partial charge in [0.15, 0.2) is 0 Å². The normalized spacial score (nSPS) is 17.9. The van der Waals surface area contributed by atoms with Gasteiger partial charge in [-0.15, -0.1) is 0 Å². The molecular weight excluding hydrogens is 206 g/mol. The number of rotatable bonds is 4. The van der Waals surface area contributed by atoms with Crippen molar-refractivity contribution in [3.05, 3.63) is 23.7 Å². The monoisotopic (exact) mass is 223 g/mol. The fraction of sp³-hybridized carbons (Fsp3) is 0.583. The number of hydrogen-bond acceptors (Lipinski definition) is 4. The van der Waals surface area contributed by atoms with Crippen LogP contribution in [0.15, 0.2) is 16.7 Å². The van der Waals surface area contributed by atoms with Gasteiger partial charge in [-0.2, -0.15) is 0 Å². The van der Waals surface area contributed by atoms with Crippen molar-refractivity contribution >= 4 is 5.97 Å². The molecule has 0 aliphatic heterocycles. The maximum absolute atomic E-state index is 11.4. The molecule has 4 heteroatoms. The molecule has 1 heterocycles. The fourth-order valence-corrected chi connectivity index (χ4v) is 1.94. The van der Waals surface area contributed by atoms with Crippen molar-refractivity contribution in [1.82, 2.24) is 5.32 Å². The fourth-order valence-electron chi connectivity index (χ4n) is 1.94. The second-order valence-corrected chi connectivity index (χ2v) is 4.53. The predicted octanol–water partition coefficient (Wildman–Crippen LogP) is 2.10. The summed E-state index contributed by atoms with van der Waals surface area (Å²) in [6, 6.07) is 1.81. The number of ether oxygens (including phenoxy) is 1. The van der Waals surface area contributed by atoms with Crippen LogP contribution in [0.4, 0.5) is 0 Å². The van der Waals surface area contributed by atoms with Crippen molar-refractivity contribution in [2.24, 2.45) is 0 Å². The summed E-state index contributed by atoms with van der Waals surface area (Å²) in [5.74, 6) is -0.113. The number of nitrogens with one attached hydrogen (secondary N) is 1. The molecule has 1 aromatic heterocycles. The Kier molecular flexibility index (Phi) is 3.01. The molecule has 0 bridgehead atoms. The maximum atomic E-state index is 11.4. The standard InChI is InChI=1S/C12H17NO3/c1-12(5-3-6-12)13-8-9-4-7-16-10(9)11(14)15-2/h4,7,13H,3,5-6,8H2,1-2H3. The van der Waals surface area contributed by atoms with Crippen LogP contribution >= 0.6 is 0 Å². The lowest BCUT2D eigenvalue weighted by molar-refractivity contribution is 0.0562. The summed E-state index contributed by atoms with van der Waals surface area (Å²) in [6.45, 7) is 2.85. The highest BCUT2D eigenvalue weighted by molar-refractivity contribution is 5.87. The smallest absolute Gasteiger partial charge is 0.374 e. The Morgan fingerprint density at radius 3 is 2.94 bits per heavy atom. The van der Waals surface area contributed by atoms with Crippen molar-refractivity contribution in [3.63, 3.8) is 0 Å². The highest BCUT2D eigenvalue weighted by Crippen LogP contribution is 2.31. The van der Waals surface area contributed by atoms with Crippen molar-refractivity contribution in [2.75, 3.05) is 7.11 Å². The number of esters is 1. The molecule has 0 radical (unpaired) electrons. The van der Waals surface area contributed by atoms with Crippen molar-refractivity contribution in [3.8, 4) is 0 Å². The highest BCUT2D eigenvalue weighted by atomic mass is 16.5. The van der Waals surface area contributed by atoms with Gasteiger partial charge in [0.05, 0.1) is 13.4 Å². The van der Waals surface area contributed by atoms with E-state index in [1.807, 2.05) is 0 Å². The number of carbonyl (C=O) groups excluding carboxylic acids is 1. The molecule has 1 saturated carbocycles. The van der Waals surface area contributed by atoms with Gasteiger partial charge in [0, 0.05) is 17.6 Å². The Hall–Kier alpha value is -1.29. The largest absolute Gasteiger partial charge is 0.463 e. The van der Waals surface area contributed by atoms with E-state index in [0.717, 1.165) is 5.56 Å². The van der Waals surface area contributed by atoms with Crippen LogP contribution in [0.25, 0.3) is 0 Å². The molecule has 1 N–H and O–H groups in total. The summed E-state index contributed by atoms with van der Waals surface area (Å²) < 4.78 is 9.77. The Bertz CT molecular complexity index is 379.